The van der Waals surface area contributed by atoms with Gasteiger partial charge in [0.1, 0.15) is 0 Å². The molecule has 0 aromatic rings. The first kappa shape index (κ1) is 29.2. The molecule has 25 heavy (non-hydrogen) atoms. The first-order valence-corrected chi connectivity index (χ1v) is 9.84. The van der Waals surface area contributed by atoms with Gasteiger partial charge in [-0.25, -0.2) is 0 Å². The fraction of sp³-hybridized carbons (Fsp3) is 0.857. The van der Waals surface area contributed by atoms with Crippen LogP contribution in [-0.2, 0) is 4.79 Å². The fourth-order valence-corrected chi connectivity index (χ4v) is 2.86. The molecule has 4 heteroatoms. The zero-order valence-electron chi connectivity index (χ0n) is 17.7. The van der Waals surface area contributed by atoms with Gasteiger partial charge in [0.2, 0.25) is 5.91 Å². The Balaban J connectivity index is -0.00000242. The van der Waals surface area contributed by atoms with Crippen LogP contribution in [0.5, 0.6) is 0 Å². The van der Waals surface area contributed by atoms with Crippen molar-refractivity contribution in [3.8, 4) is 0 Å². The highest BCUT2D eigenvalue weighted by molar-refractivity contribution is 5.92. The van der Waals surface area contributed by atoms with Crippen molar-refractivity contribution in [1.82, 2.24) is 11.1 Å². The molecule has 0 atom stereocenters. The molecule has 0 aliphatic rings. The Morgan fingerprint density at radius 3 is 1.64 bits per heavy atom. The van der Waals surface area contributed by atoms with E-state index in [9.17, 15) is 4.79 Å². The average Bonchev–Trinajstić information content (AvgIpc) is 2.51. The van der Waals surface area contributed by atoms with Crippen molar-refractivity contribution in [2.45, 2.75) is 111 Å². The van der Waals surface area contributed by atoms with Crippen molar-refractivity contribution in [3.05, 3.63) is 12.2 Å². The summed E-state index contributed by atoms with van der Waals surface area (Å²) in [6.07, 6.45) is 14.2. The summed E-state index contributed by atoms with van der Waals surface area (Å²) >= 11 is 0. The summed E-state index contributed by atoms with van der Waals surface area (Å²) in [7, 11) is 0. The van der Waals surface area contributed by atoms with E-state index in [1.165, 1.54) is 57.8 Å². The average molecular weight is 377 g/mol. The predicted octanol–water partition coefficient (Wildman–Crippen LogP) is 7.08. The lowest BCUT2D eigenvalue weighted by Crippen LogP contribution is -2.48. The van der Waals surface area contributed by atoms with Gasteiger partial charge in [-0.15, -0.1) is 12.4 Å². The standard InChI is InChI=1S/C21H41NO.ClH.H3N/c1-7-9-10-11-12-13-14-15-16-17-18-22(20(23)19(3)4)21(5,6)8-2;;/h3,7-18H2,1-2,4-6H3;1H;1H3. The number of carbonyl (C=O) groups is 1. The van der Waals surface area contributed by atoms with Crippen molar-refractivity contribution in [2.24, 2.45) is 0 Å². The molecule has 0 bridgehead atoms. The number of amides is 1. The summed E-state index contributed by atoms with van der Waals surface area (Å²) in [5.41, 5.74) is 0.577. The molecule has 0 aromatic carbocycles. The number of unbranched alkanes of at least 4 members (excludes halogenated alkanes) is 9. The number of rotatable bonds is 14. The molecule has 0 saturated heterocycles. The van der Waals surface area contributed by atoms with Gasteiger partial charge in [-0.05, 0) is 33.6 Å². The predicted molar refractivity (Wildman–Crippen MR) is 115 cm³/mol. The van der Waals surface area contributed by atoms with Crippen LogP contribution in [0.25, 0.3) is 0 Å². The van der Waals surface area contributed by atoms with Crippen LogP contribution < -0.4 is 6.15 Å². The van der Waals surface area contributed by atoms with E-state index in [-0.39, 0.29) is 30.0 Å². The first-order chi connectivity index (χ1) is 10.9. The normalized spacial score (nSPS) is 10.6. The van der Waals surface area contributed by atoms with Crippen LogP contribution >= 0.6 is 12.4 Å². The van der Waals surface area contributed by atoms with Gasteiger partial charge in [0.25, 0.3) is 0 Å². The SMILES string of the molecule is C=C(C)C(=O)N(CCCCCCCCCCCC)C(C)(C)CC.Cl.N. The van der Waals surface area contributed by atoms with E-state index in [1.807, 2.05) is 11.8 Å². The Morgan fingerprint density at radius 2 is 1.28 bits per heavy atom. The maximum absolute atomic E-state index is 12.4. The van der Waals surface area contributed by atoms with E-state index < -0.39 is 0 Å². The molecular weight excluding hydrogens is 332 g/mol. The highest BCUT2D eigenvalue weighted by Crippen LogP contribution is 2.22. The molecule has 0 saturated carbocycles. The van der Waals surface area contributed by atoms with Gasteiger partial charge in [0, 0.05) is 17.7 Å². The van der Waals surface area contributed by atoms with Crippen molar-refractivity contribution < 1.29 is 4.79 Å². The van der Waals surface area contributed by atoms with E-state index in [4.69, 9.17) is 0 Å². The number of carbonyl (C=O) groups excluding carboxylic acids is 1. The zero-order chi connectivity index (χ0) is 17.7. The van der Waals surface area contributed by atoms with E-state index in [0.717, 1.165) is 19.4 Å². The molecule has 152 valence electrons. The second-order valence-corrected chi connectivity index (χ2v) is 7.59. The van der Waals surface area contributed by atoms with Gasteiger partial charge in [0.15, 0.2) is 0 Å². The molecule has 0 rings (SSSR count). The van der Waals surface area contributed by atoms with Crippen LogP contribution in [0.2, 0.25) is 0 Å². The largest absolute Gasteiger partial charge is 0.344 e. The number of hydrogen-bond acceptors (Lipinski definition) is 2. The summed E-state index contributed by atoms with van der Waals surface area (Å²) < 4.78 is 0. The summed E-state index contributed by atoms with van der Waals surface area (Å²) in [5.74, 6) is 0.118. The Hall–Kier alpha value is -0.540. The van der Waals surface area contributed by atoms with Crippen LogP contribution in [0.15, 0.2) is 12.2 Å². The fourth-order valence-electron chi connectivity index (χ4n) is 2.86. The lowest BCUT2D eigenvalue weighted by molar-refractivity contribution is -0.132. The second-order valence-electron chi connectivity index (χ2n) is 7.59. The molecule has 0 aliphatic carbocycles. The molecule has 3 N–H and O–H groups in total. The topological polar surface area (TPSA) is 55.3 Å². The van der Waals surface area contributed by atoms with Crippen LogP contribution in [0.4, 0.5) is 0 Å². The third-order valence-corrected chi connectivity index (χ3v) is 4.94. The van der Waals surface area contributed by atoms with Crippen molar-refractivity contribution in [2.75, 3.05) is 6.54 Å². The molecule has 0 aromatic heterocycles. The smallest absolute Gasteiger partial charge is 0.249 e. The van der Waals surface area contributed by atoms with E-state index >= 15 is 0 Å². The molecule has 0 heterocycles. The molecule has 0 aliphatic heterocycles. The maximum atomic E-state index is 12.4. The van der Waals surface area contributed by atoms with Crippen LogP contribution in [0, 0.1) is 0 Å². The van der Waals surface area contributed by atoms with E-state index in [1.54, 1.807) is 0 Å². The second kappa shape index (κ2) is 16.9. The van der Waals surface area contributed by atoms with Gasteiger partial charge in [-0.2, -0.15) is 0 Å². The summed E-state index contributed by atoms with van der Waals surface area (Å²) in [4.78, 5) is 14.4. The van der Waals surface area contributed by atoms with Gasteiger partial charge >= 0.3 is 0 Å². The maximum Gasteiger partial charge on any atom is 0.249 e. The van der Waals surface area contributed by atoms with Crippen LogP contribution in [0.3, 0.4) is 0 Å². The molecule has 0 radical (unpaired) electrons. The van der Waals surface area contributed by atoms with E-state index in [0.29, 0.717) is 5.57 Å². The highest BCUT2D eigenvalue weighted by Gasteiger charge is 2.28. The number of halogens is 1. The van der Waals surface area contributed by atoms with Gasteiger partial charge < -0.3 is 11.1 Å². The highest BCUT2D eigenvalue weighted by atomic mass is 35.5. The molecule has 0 unspecified atom stereocenters. The minimum Gasteiger partial charge on any atom is -0.344 e. The van der Waals surface area contributed by atoms with Crippen molar-refractivity contribution >= 4 is 18.3 Å². The molecule has 1 amide bonds. The van der Waals surface area contributed by atoms with Gasteiger partial charge in [0.05, 0.1) is 0 Å². The Bertz CT molecular complexity index is 343. The van der Waals surface area contributed by atoms with E-state index in [2.05, 4.69) is 34.3 Å². The minimum atomic E-state index is -0.0741. The summed E-state index contributed by atoms with van der Waals surface area (Å²) in [6, 6.07) is 0. The lowest BCUT2D eigenvalue weighted by atomic mass is 9.97. The zero-order valence-corrected chi connectivity index (χ0v) is 18.5. The Kier molecular flexibility index (Phi) is 19.8. The molecule has 0 spiro atoms. The molecular formula is C21H45ClN2O. The third-order valence-electron chi connectivity index (χ3n) is 4.94. The van der Waals surface area contributed by atoms with Crippen molar-refractivity contribution in [1.29, 1.82) is 0 Å². The monoisotopic (exact) mass is 376 g/mol. The molecule has 3 nitrogen and oxygen atoms in total. The minimum absolute atomic E-state index is 0. The summed E-state index contributed by atoms with van der Waals surface area (Å²) in [6.45, 7) is 15.2. The first-order valence-electron chi connectivity index (χ1n) is 9.84. The number of hydrogen-bond donors (Lipinski definition) is 1. The Morgan fingerprint density at radius 1 is 0.880 bits per heavy atom. The Labute approximate surface area is 164 Å². The third kappa shape index (κ3) is 13.3. The lowest BCUT2D eigenvalue weighted by Gasteiger charge is -2.38. The molecule has 0 fully saturated rings. The van der Waals surface area contributed by atoms with Gasteiger partial charge in [-0.3, -0.25) is 4.79 Å². The van der Waals surface area contributed by atoms with Crippen molar-refractivity contribution in [3.63, 3.8) is 0 Å². The van der Waals surface area contributed by atoms with Gasteiger partial charge in [-0.1, -0.05) is 78.2 Å². The van der Waals surface area contributed by atoms with Crippen LogP contribution in [0.1, 0.15) is 105 Å². The summed E-state index contributed by atoms with van der Waals surface area (Å²) in [5, 5.41) is 0. The quantitative estimate of drug-likeness (QED) is 0.260. The van der Waals surface area contributed by atoms with Crippen LogP contribution in [-0.4, -0.2) is 22.9 Å². The number of nitrogens with zero attached hydrogens (tertiary/aromatic N) is 1.